The van der Waals surface area contributed by atoms with Gasteiger partial charge in [0.25, 0.3) is 5.91 Å². The van der Waals surface area contributed by atoms with Crippen LogP contribution in [-0.4, -0.2) is 23.4 Å². The lowest BCUT2D eigenvalue weighted by Crippen LogP contribution is -2.44. The fraction of sp³-hybridized carbons (Fsp3) is 0.200. The summed E-state index contributed by atoms with van der Waals surface area (Å²) in [5, 5.41) is 1.98. The number of hydrazine groups is 1. The third-order valence-corrected chi connectivity index (χ3v) is 3.38. The predicted octanol–water partition coefficient (Wildman–Crippen LogP) is 2.78. The first-order valence-electron chi connectivity index (χ1n) is 6.69. The molecule has 1 atom stereocenters. The molecule has 22 heavy (non-hydrogen) atoms. The van der Waals surface area contributed by atoms with Crippen molar-refractivity contribution < 1.29 is 13.9 Å². The summed E-state index contributed by atoms with van der Waals surface area (Å²) in [6.07, 6.45) is 1.17. The van der Waals surface area contributed by atoms with E-state index in [1.54, 1.807) is 49.6 Å². The molecule has 0 aliphatic carbocycles. The fourth-order valence-corrected chi connectivity index (χ4v) is 2.18. The van der Waals surface area contributed by atoms with E-state index in [1.807, 2.05) is 0 Å². The Bertz CT molecular complexity index is 683. The zero-order chi connectivity index (χ0) is 15.5. The van der Waals surface area contributed by atoms with Crippen LogP contribution >= 0.6 is 11.6 Å². The number of hydrogen-bond acceptors (Lipinski definition) is 5. The summed E-state index contributed by atoms with van der Waals surface area (Å²) < 4.78 is 10.7. The van der Waals surface area contributed by atoms with Crippen LogP contribution in [-0.2, 0) is 4.79 Å². The number of furan rings is 1. The number of amides is 1. The number of nitrogens with one attached hydrogen (secondary N) is 1. The van der Waals surface area contributed by atoms with E-state index in [9.17, 15) is 4.79 Å². The van der Waals surface area contributed by atoms with Crippen molar-refractivity contribution in [1.82, 2.24) is 10.4 Å². The molecular formula is C15H14ClN3O3. The SMILES string of the molecule is CC1=NC(c2ccco2)NN1C(=O)COc1ccc(Cl)cc1. The van der Waals surface area contributed by atoms with Crippen LogP contribution in [0.4, 0.5) is 0 Å². The maximum absolute atomic E-state index is 12.2. The van der Waals surface area contributed by atoms with Gasteiger partial charge in [0.15, 0.2) is 12.8 Å². The average molecular weight is 320 g/mol. The first kappa shape index (κ1) is 14.6. The van der Waals surface area contributed by atoms with Gasteiger partial charge in [-0.1, -0.05) is 11.6 Å². The standard InChI is InChI=1S/C15H14ClN3O3/c1-10-17-15(13-3-2-8-21-13)18-19(10)14(20)9-22-12-6-4-11(16)5-7-12/h2-8,15,18H,9H2,1H3. The number of carbonyl (C=O) groups excluding carboxylic acids is 1. The number of amidine groups is 1. The third kappa shape index (κ3) is 3.13. The van der Waals surface area contributed by atoms with Crippen LogP contribution in [0.25, 0.3) is 0 Å². The maximum Gasteiger partial charge on any atom is 0.280 e. The molecular weight excluding hydrogens is 306 g/mol. The minimum absolute atomic E-state index is 0.105. The summed E-state index contributed by atoms with van der Waals surface area (Å²) in [6.45, 7) is 1.64. The van der Waals surface area contributed by atoms with Crippen molar-refractivity contribution in [3.63, 3.8) is 0 Å². The van der Waals surface area contributed by atoms with E-state index >= 15 is 0 Å². The van der Waals surface area contributed by atoms with Crippen molar-refractivity contribution in [1.29, 1.82) is 0 Å². The largest absolute Gasteiger partial charge is 0.484 e. The van der Waals surface area contributed by atoms with E-state index in [4.69, 9.17) is 20.8 Å². The Hall–Kier alpha value is -2.31. The lowest BCUT2D eigenvalue weighted by atomic mass is 10.3. The number of nitrogens with zero attached hydrogens (tertiary/aromatic N) is 2. The molecule has 3 rings (SSSR count). The van der Waals surface area contributed by atoms with E-state index in [2.05, 4.69) is 10.4 Å². The Morgan fingerprint density at radius 3 is 2.86 bits per heavy atom. The van der Waals surface area contributed by atoms with Gasteiger partial charge in [0.1, 0.15) is 17.3 Å². The van der Waals surface area contributed by atoms with Crippen LogP contribution in [0.15, 0.2) is 52.1 Å². The summed E-state index contributed by atoms with van der Waals surface area (Å²) >= 11 is 5.80. The van der Waals surface area contributed by atoms with Gasteiger partial charge in [0, 0.05) is 5.02 Å². The highest BCUT2D eigenvalue weighted by Gasteiger charge is 2.29. The van der Waals surface area contributed by atoms with Crippen LogP contribution in [0.3, 0.4) is 0 Å². The lowest BCUT2D eigenvalue weighted by molar-refractivity contribution is -0.131. The summed E-state index contributed by atoms with van der Waals surface area (Å²) in [6, 6.07) is 10.4. The summed E-state index contributed by atoms with van der Waals surface area (Å²) in [5.74, 6) is 1.54. The molecule has 0 fully saturated rings. The molecule has 2 heterocycles. The van der Waals surface area contributed by atoms with Gasteiger partial charge >= 0.3 is 0 Å². The molecule has 114 valence electrons. The Balaban J connectivity index is 1.59. The lowest BCUT2D eigenvalue weighted by Gasteiger charge is -2.17. The molecule has 0 radical (unpaired) electrons. The molecule has 0 bridgehead atoms. The number of ether oxygens (including phenoxy) is 1. The number of halogens is 1. The van der Waals surface area contributed by atoms with Gasteiger partial charge in [-0.25, -0.2) is 10.0 Å². The van der Waals surface area contributed by atoms with E-state index < -0.39 is 6.17 Å². The van der Waals surface area contributed by atoms with E-state index in [-0.39, 0.29) is 12.5 Å². The van der Waals surface area contributed by atoms with Crippen LogP contribution in [0.2, 0.25) is 5.02 Å². The van der Waals surface area contributed by atoms with Crippen molar-refractivity contribution in [3.8, 4) is 5.75 Å². The first-order valence-corrected chi connectivity index (χ1v) is 7.06. The highest BCUT2D eigenvalue weighted by molar-refractivity contribution is 6.30. The topological polar surface area (TPSA) is 67.1 Å². The second-order valence-electron chi connectivity index (χ2n) is 4.70. The van der Waals surface area contributed by atoms with E-state index in [1.165, 1.54) is 5.01 Å². The monoisotopic (exact) mass is 319 g/mol. The summed E-state index contributed by atoms with van der Waals surface area (Å²) in [4.78, 5) is 16.6. The molecule has 1 aromatic heterocycles. The van der Waals surface area contributed by atoms with Crippen molar-refractivity contribution in [3.05, 3.63) is 53.4 Å². The zero-order valence-electron chi connectivity index (χ0n) is 11.8. The van der Waals surface area contributed by atoms with Gasteiger partial charge < -0.3 is 9.15 Å². The van der Waals surface area contributed by atoms with Gasteiger partial charge in [-0.3, -0.25) is 4.79 Å². The van der Waals surface area contributed by atoms with Crippen LogP contribution in [0, 0.1) is 0 Å². The Kier molecular flexibility index (Phi) is 4.13. The number of benzene rings is 1. The molecule has 1 aliphatic rings. The average Bonchev–Trinajstić information content (AvgIpc) is 3.15. The molecule has 6 nitrogen and oxygen atoms in total. The molecule has 0 saturated heterocycles. The summed E-state index contributed by atoms with van der Waals surface area (Å²) in [7, 11) is 0. The minimum atomic E-state index is -0.394. The number of rotatable bonds is 4. The molecule has 7 heteroatoms. The third-order valence-electron chi connectivity index (χ3n) is 3.13. The van der Waals surface area contributed by atoms with Gasteiger partial charge in [-0.15, -0.1) is 0 Å². The normalized spacial score (nSPS) is 17.5. The predicted molar refractivity (Wildman–Crippen MR) is 81.5 cm³/mol. The second kappa shape index (κ2) is 6.21. The quantitative estimate of drug-likeness (QED) is 0.941. The van der Waals surface area contributed by atoms with Gasteiger partial charge in [0.05, 0.1) is 6.26 Å². The number of hydrogen-bond donors (Lipinski definition) is 1. The van der Waals surface area contributed by atoms with Crippen molar-refractivity contribution >= 4 is 23.3 Å². The first-order chi connectivity index (χ1) is 10.6. The Labute approximate surface area is 132 Å². The molecule has 1 unspecified atom stereocenters. The molecule has 2 aromatic rings. The van der Waals surface area contributed by atoms with E-state index in [0.717, 1.165) is 0 Å². The molecule has 0 spiro atoms. The van der Waals surface area contributed by atoms with Gasteiger partial charge in [-0.05, 0) is 43.3 Å². The smallest absolute Gasteiger partial charge is 0.280 e. The maximum atomic E-state index is 12.2. The molecule has 1 aliphatic heterocycles. The summed E-state index contributed by atoms with van der Waals surface area (Å²) in [5.41, 5.74) is 2.97. The molecule has 0 saturated carbocycles. The van der Waals surface area contributed by atoms with Gasteiger partial charge in [0.2, 0.25) is 0 Å². The highest BCUT2D eigenvalue weighted by Crippen LogP contribution is 2.21. The van der Waals surface area contributed by atoms with Crippen molar-refractivity contribution in [2.24, 2.45) is 4.99 Å². The second-order valence-corrected chi connectivity index (χ2v) is 5.13. The van der Waals surface area contributed by atoms with Crippen molar-refractivity contribution in [2.45, 2.75) is 13.1 Å². The number of aliphatic imine (C=N–C) groups is 1. The molecule has 1 amide bonds. The fourth-order valence-electron chi connectivity index (χ4n) is 2.06. The Morgan fingerprint density at radius 1 is 1.41 bits per heavy atom. The zero-order valence-corrected chi connectivity index (χ0v) is 12.6. The van der Waals surface area contributed by atoms with Crippen LogP contribution in [0.1, 0.15) is 18.8 Å². The van der Waals surface area contributed by atoms with Crippen LogP contribution < -0.4 is 10.2 Å². The van der Waals surface area contributed by atoms with Gasteiger partial charge in [-0.2, -0.15) is 5.43 Å². The van der Waals surface area contributed by atoms with Crippen molar-refractivity contribution in [2.75, 3.05) is 6.61 Å². The minimum Gasteiger partial charge on any atom is -0.484 e. The van der Waals surface area contributed by atoms with Crippen LogP contribution in [0.5, 0.6) is 5.75 Å². The Morgan fingerprint density at radius 2 is 2.18 bits per heavy atom. The highest BCUT2D eigenvalue weighted by atomic mass is 35.5. The number of carbonyl (C=O) groups is 1. The molecule has 1 N–H and O–H groups in total. The van der Waals surface area contributed by atoms with E-state index in [0.29, 0.717) is 22.4 Å². The molecule has 1 aromatic carbocycles.